The zero-order chi connectivity index (χ0) is 17.3. The van der Waals surface area contributed by atoms with E-state index < -0.39 is 11.2 Å². The fraction of sp³-hybridized carbons (Fsp3) is 0.647. The number of nitriles is 1. The number of carbonyl (C=O) groups excluding carboxylic acids is 1. The van der Waals surface area contributed by atoms with Crippen LogP contribution in [0.25, 0.3) is 0 Å². The van der Waals surface area contributed by atoms with Gasteiger partial charge in [-0.2, -0.15) is 5.26 Å². The van der Waals surface area contributed by atoms with Gasteiger partial charge in [0.15, 0.2) is 0 Å². The van der Waals surface area contributed by atoms with Crippen molar-refractivity contribution in [3.05, 3.63) is 32.1 Å². The summed E-state index contributed by atoms with van der Waals surface area (Å²) < 4.78 is 2.35. The predicted molar refractivity (Wildman–Crippen MR) is 87.6 cm³/mol. The van der Waals surface area contributed by atoms with Crippen LogP contribution in [-0.2, 0) is 24.3 Å². The summed E-state index contributed by atoms with van der Waals surface area (Å²) in [6.45, 7) is 2.27. The Hall–Kier alpha value is -2.36. The van der Waals surface area contributed by atoms with Gasteiger partial charge in [-0.15, -0.1) is 0 Å². The maximum absolute atomic E-state index is 12.5. The molecule has 1 aliphatic heterocycles. The molecule has 1 N–H and O–H groups in total. The van der Waals surface area contributed by atoms with Crippen molar-refractivity contribution < 1.29 is 4.79 Å². The zero-order valence-corrected chi connectivity index (χ0v) is 13.9. The second-order valence-corrected chi connectivity index (χ2v) is 6.80. The number of rotatable bonds is 3. The minimum Gasteiger partial charge on any atom is -0.352 e. The highest BCUT2D eigenvalue weighted by Gasteiger charge is 2.26. The van der Waals surface area contributed by atoms with Crippen LogP contribution in [0, 0.1) is 17.2 Å². The molecule has 1 amide bonds. The lowest BCUT2D eigenvalue weighted by molar-refractivity contribution is -0.123. The molecule has 0 spiro atoms. The quantitative estimate of drug-likeness (QED) is 0.874. The molecule has 24 heavy (non-hydrogen) atoms. The van der Waals surface area contributed by atoms with Crippen molar-refractivity contribution in [3.8, 4) is 6.07 Å². The van der Waals surface area contributed by atoms with Crippen molar-refractivity contribution in [2.75, 3.05) is 0 Å². The van der Waals surface area contributed by atoms with Gasteiger partial charge in [-0.1, -0.05) is 19.8 Å². The van der Waals surface area contributed by atoms with Crippen molar-refractivity contribution in [2.45, 2.75) is 64.6 Å². The van der Waals surface area contributed by atoms with Gasteiger partial charge in [-0.3, -0.25) is 14.2 Å². The predicted octanol–water partition coefficient (Wildman–Crippen LogP) is 0.523. The molecular weight excluding hydrogens is 308 g/mol. The fourth-order valence-electron chi connectivity index (χ4n) is 3.82. The molecule has 3 rings (SSSR count). The Morgan fingerprint density at radius 1 is 1.29 bits per heavy atom. The lowest BCUT2D eigenvalue weighted by atomic mass is 9.86. The maximum atomic E-state index is 12.5. The SMILES string of the molecule is C[C@H]1CCCC[C@@H]1NC(=O)Cn1c(=O)c(C#N)c2n(c1=O)CCC2. The highest BCUT2D eigenvalue weighted by atomic mass is 16.2. The smallest absolute Gasteiger partial charge is 0.331 e. The van der Waals surface area contributed by atoms with Gasteiger partial charge in [0.2, 0.25) is 5.91 Å². The van der Waals surface area contributed by atoms with Crippen LogP contribution >= 0.6 is 0 Å². The lowest BCUT2D eigenvalue weighted by Gasteiger charge is -2.29. The van der Waals surface area contributed by atoms with Gasteiger partial charge < -0.3 is 5.32 Å². The van der Waals surface area contributed by atoms with Crippen molar-refractivity contribution in [3.63, 3.8) is 0 Å². The molecule has 1 aromatic heterocycles. The molecule has 1 aliphatic carbocycles. The average Bonchev–Trinajstić information content (AvgIpc) is 3.04. The summed E-state index contributed by atoms with van der Waals surface area (Å²) in [7, 11) is 0. The fourth-order valence-corrected chi connectivity index (χ4v) is 3.82. The third kappa shape index (κ3) is 2.88. The third-order valence-corrected chi connectivity index (χ3v) is 5.20. The first kappa shape index (κ1) is 16.5. The summed E-state index contributed by atoms with van der Waals surface area (Å²) in [6, 6.07) is 1.99. The molecular formula is C17H22N4O3. The minimum absolute atomic E-state index is 0.00839. The number of hydrogen-bond acceptors (Lipinski definition) is 4. The van der Waals surface area contributed by atoms with Crippen LogP contribution in [0.15, 0.2) is 9.59 Å². The largest absolute Gasteiger partial charge is 0.352 e. The first-order valence-corrected chi connectivity index (χ1v) is 8.59. The van der Waals surface area contributed by atoms with E-state index in [1.807, 2.05) is 6.07 Å². The number of hydrogen-bond donors (Lipinski definition) is 1. The Morgan fingerprint density at radius 3 is 2.75 bits per heavy atom. The van der Waals surface area contributed by atoms with Crippen LogP contribution < -0.4 is 16.6 Å². The molecule has 1 aromatic rings. The summed E-state index contributed by atoms with van der Waals surface area (Å²) in [4.78, 5) is 37.2. The molecule has 2 heterocycles. The third-order valence-electron chi connectivity index (χ3n) is 5.20. The molecule has 2 atom stereocenters. The van der Waals surface area contributed by atoms with E-state index in [2.05, 4.69) is 12.2 Å². The normalized spacial score (nSPS) is 22.7. The van der Waals surface area contributed by atoms with Gasteiger partial charge in [0.25, 0.3) is 5.56 Å². The summed E-state index contributed by atoms with van der Waals surface area (Å²) in [6.07, 6.45) is 5.54. The van der Waals surface area contributed by atoms with E-state index in [-0.39, 0.29) is 24.1 Å². The average molecular weight is 330 g/mol. The molecule has 7 nitrogen and oxygen atoms in total. The van der Waals surface area contributed by atoms with Gasteiger partial charge in [0.05, 0.1) is 0 Å². The molecule has 0 aromatic carbocycles. The number of nitrogens with zero attached hydrogens (tertiary/aromatic N) is 3. The van der Waals surface area contributed by atoms with Crippen LogP contribution in [0.1, 0.15) is 50.3 Å². The first-order valence-electron chi connectivity index (χ1n) is 8.59. The highest BCUT2D eigenvalue weighted by Crippen LogP contribution is 2.23. The molecule has 1 saturated carbocycles. The van der Waals surface area contributed by atoms with Crippen LogP contribution in [0.5, 0.6) is 0 Å². The molecule has 7 heteroatoms. The van der Waals surface area contributed by atoms with E-state index in [4.69, 9.17) is 0 Å². The number of carbonyl (C=O) groups is 1. The van der Waals surface area contributed by atoms with E-state index >= 15 is 0 Å². The number of amides is 1. The Bertz CT molecular complexity index is 815. The first-order chi connectivity index (χ1) is 11.5. The van der Waals surface area contributed by atoms with E-state index in [1.165, 1.54) is 11.0 Å². The van der Waals surface area contributed by atoms with Crippen molar-refractivity contribution in [2.24, 2.45) is 5.92 Å². The monoisotopic (exact) mass is 330 g/mol. The minimum atomic E-state index is -0.650. The second-order valence-electron chi connectivity index (χ2n) is 6.80. The Balaban J connectivity index is 1.85. The lowest BCUT2D eigenvalue weighted by Crippen LogP contribution is -2.48. The molecule has 0 saturated heterocycles. The number of aromatic nitrogens is 2. The van der Waals surface area contributed by atoms with Gasteiger partial charge in [-0.25, -0.2) is 9.36 Å². The van der Waals surface area contributed by atoms with E-state index in [0.29, 0.717) is 24.6 Å². The molecule has 1 fully saturated rings. The molecule has 0 unspecified atom stereocenters. The summed E-state index contributed by atoms with van der Waals surface area (Å²) in [5, 5.41) is 12.2. The van der Waals surface area contributed by atoms with Gasteiger partial charge in [0.1, 0.15) is 18.2 Å². The number of fused-ring (bicyclic) bond motifs is 1. The van der Waals surface area contributed by atoms with Gasteiger partial charge in [-0.05, 0) is 31.6 Å². The summed E-state index contributed by atoms with van der Waals surface area (Å²) in [5.74, 6) is 0.0607. The highest BCUT2D eigenvalue weighted by molar-refractivity contribution is 5.76. The van der Waals surface area contributed by atoms with E-state index in [9.17, 15) is 19.6 Å². The second kappa shape index (κ2) is 6.63. The Labute approximate surface area is 139 Å². The molecule has 128 valence electrons. The van der Waals surface area contributed by atoms with Crippen molar-refractivity contribution in [1.29, 1.82) is 5.26 Å². The molecule has 2 aliphatic rings. The number of nitrogens with one attached hydrogen (secondary N) is 1. The molecule has 0 radical (unpaired) electrons. The van der Waals surface area contributed by atoms with E-state index in [0.717, 1.165) is 30.3 Å². The van der Waals surface area contributed by atoms with Crippen molar-refractivity contribution >= 4 is 5.91 Å². The van der Waals surface area contributed by atoms with Gasteiger partial charge >= 0.3 is 5.69 Å². The van der Waals surface area contributed by atoms with Crippen LogP contribution in [0.3, 0.4) is 0 Å². The van der Waals surface area contributed by atoms with Gasteiger partial charge in [0, 0.05) is 18.3 Å². The zero-order valence-electron chi connectivity index (χ0n) is 13.9. The summed E-state index contributed by atoms with van der Waals surface area (Å²) in [5.41, 5.74) is -0.642. The topological polar surface area (TPSA) is 96.9 Å². The Morgan fingerprint density at radius 2 is 2.04 bits per heavy atom. The van der Waals surface area contributed by atoms with Crippen LogP contribution in [0.2, 0.25) is 0 Å². The standard InChI is InChI=1S/C17H22N4O3/c1-11-5-2-3-6-13(11)19-15(22)10-21-16(23)12(9-18)14-7-4-8-20(14)17(21)24/h11,13H,2-8,10H2,1H3,(H,19,22)/t11-,13-/m0/s1. The van der Waals surface area contributed by atoms with Crippen molar-refractivity contribution in [1.82, 2.24) is 14.5 Å². The maximum Gasteiger partial charge on any atom is 0.331 e. The molecule has 0 bridgehead atoms. The summed E-state index contributed by atoms with van der Waals surface area (Å²) >= 11 is 0. The van der Waals surface area contributed by atoms with Crippen LogP contribution in [0.4, 0.5) is 0 Å². The van der Waals surface area contributed by atoms with Crippen LogP contribution in [-0.4, -0.2) is 21.1 Å². The Kier molecular flexibility index (Phi) is 4.56. The van der Waals surface area contributed by atoms with E-state index in [1.54, 1.807) is 0 Å².